The molecule has 0 saturated heterocycles. The summed E-state index contributed by atoms with van der Waals surface area (Å²) in [5, 5.41) is 12.3. The summed E-state index contributed by atoms with van der Waals surface area (Å²) in [5.74, 6) is -0.342. The molecule has 1 heterocycles. The third-order valence-electron chi connectivity index (χ3n) is 5.23. The van der Waals surface area contributed by atoms with Crippen LogP contribution in [-0.2, 0) is 28.9 Å². The van der Waals surface area contributed by atoms with Gasteiger partial charge in [-0.05, 0) is 36.1 Å². The minimum absolute atomic E-state index is 0.169. The highest BCUT2D eigenvalue weighted by molar-refractivity contribution is 5.88. The Labute approximate surface area is 156 Å². The Hall–Kier alpha value is -3.15. The smallest absolute Gasteiger partial charge is 0.304 e. The van der Waals surface area contributed by atoms with Gasteiger partial charge < -0.3 is 15.4 Å². The van der Waals surface area contributed by atoms with Crippen LogP contribution in [0.4, 0.5) is 0 Å². The van der Waals surface area contributed by atoms with Crippen molar-refractivity contribution < 1.29 is 14.7 Å². The molecule has 1 amide bonds. The monoisotopic (exact) mass is 363 g/mol. The van der Waals surface area contributed by atoms with Gasteiger partial charge in [0.1, 0.15) is 5.82 Å². The van der Waals surface area contributed by atoms with Gasteiger partial charge in [0.05, 0.1) is 22.9 Å². The summed E-state index contributed by atoms with van der Waals surface area (Å²) in [7, 11) is 0. The minimum atomic E-state index is -0.949. The van der Waals surface area contributed by atoms with Crippen molar-refractivity contribution in [2.24, 2.45) is 5.41 Å². The zero-order chi connectivity index (χ0) is 18.9. The molecular formula is C21H21N3O3. The number of aromatic nitrogens is 2. The lowest BCUT2D eigenvalue weighted by Crippen LogP contribution is -2.44. The number of nitrogens with one attached hydrogen (secondary N) is 2. The van der Waals surface area contributed by atoms with Crippen LogP contribution in [0, 0.1) is 5.41 Å². The van der Waals surface area contributed by atoms with Gasteiger partial charge in [0, 0.05) is 13.0 Å². The van der Waals surface area contributed by atoms with Crippen LogP contribution >= 0.6 is 0 Å². The number of H-pyrrole nitrogens is 1. The first-order valence-corrected chi connectivity index (χ1v) is 9.06. The number of aromatic amines is 1. The zero-order valence-corrected chi connectivity index (χ0v) is 14.9. The normalized spacial score (nSPS) is 14.8. The summed E-state index contributed by atoms with van der Waals surface area (Å²) in [4.78, 5) is 32.1. The maximum Gasteiger partial charge on any atom is 0.304 e. The van der Waals surface area contributed by atoms with E-state index in [1.807, 2.05) is 48.5 Å². The third kappa shape index (κ3) is 3.43. The van der Waals surface area contributed by atoms with E-state index in [4.69, 9.17) is 0 Å². The molecule has 6 heteroatoms. The number of amides is 1. The van der Waals surface area contributed by atoms with E-state index < -0.39 is 11.4 Å². The lowest BCUT2D eigenvalue weighted by atomic mass is 9.80. The number of carbonyl (C=O) groups excluding carboxylic acids is 1. The number of carboxylic acid groups (broad SMARTS) is 1. The van der Waals surface area contributed by atoms with Crippen LogP contribution in [-0.4, -0.2) is 33.5 Å². The van der Waals surface area contributed by atoms with Crippen LogP contribution in [0.25, 0.3) is 11.0 Å². The second-order valence-electron chi connectivity index (χ2n) is 7.18. The van der Waals surface area contributed by atoms with Gasteiger partial charge in [0.2, 0.25) is 5.91 Å². The topological polar surface area (TPSA) is 95.1 Å². The molecule has 0 unspecified atom stereocenters. The zero-order valence-electron chi connectivity index (χ0n) is 14.9. The molecule has 138 valence electrons. The number of fused-ring (bicyclic) bond motifs is 2. The number of hydrogen-bond donors (Lipinski definition) is 3. The van der Waals surface area contributed by atoms with Gasteiger partial charge in [-0.2, -0.15) is 0 Å². The number of para-hydroxylation sites is 2. The molecule has 6 nitrogen and oxygen atoms in total. The molecule has 4 rings (SSSR count). The van der Waals surface area contributed by atoms with Crippen molar-refractivity contribution in [1.82, 2.24) is 15.3 Å². The number of benzene rings is 2. The van der Waals surface area contributed by atoms with Crippen LogP contribution in [0.2, 0.25) is 0 Å². The van der Waals surface area contributed by atoms with E-state index in [0.717, 1.165) is 28.0 Å². The summed E-state index contributed by atoms with van der Waals surface area (Å²) < 4.78 is 0. The number of imidazole rings is 1. The highest BCUT2D eigenvalue weighted by atomic mass is 16.4. The quantitative estimate of drug-likeness (QED) is 0.627. The molecular weight excluding hydrogens is 342 g/mol. The SMILES string of the molecule is O=C(O)CC1(C(=O)NCCc2nc3ccccc3[nH]2)Cc2ccccc2C1. The van der Waals surface area contributed by atoms with Crippen LogP contribution in [0.5, 0.6) is 0 Å². The van der Waals surface area contributed by atoms with Crippen LogP contribution < -0.4 is 5.32 Å². The van der Waals surface area contributed by atoms with E-state index in [9.17, 15) is 14.7 Å². The Bertz CT molecular complexity index is 951. The summed E-state index contributed by atoms with van der Waals surface area (Å²) in [6.45, 7) is 0.413. The molecule has 27 heavy (non-hydrogen) atoms. The van der Waals surface area contributed by atoms with E-state index in [1.54, 1.807) is 0 Å². The molecule has 1 aliphatic carbocycles. The molecule has 0 saturated carbocycles. The predicted molar refractivity (Wildman–Crippen MR) is 101 cm³/mol. The van der Waals surface area contributed by atoms with Gasteiger partial charge in [-0.3, -0.25) is 9.59 Å². The standard InChI is InChI=1S/C21H21N3O3/c25-19(26)13-21(11-14-5-1-2-6-15(14)12-21)20(27)22-10-9-18-23-16-7-3-4-8-17(16)24-18/h1-8H,9-13H2,(H,22,27)(H,23,24)(H,25,26). The molecule has 0 spiro atoms. The van der Waals surface area contributed by atoms with E-state index >= 15 is 0 Å². The Morgan fingerprint density at radius 3 is 2.41 bits per heavy atom. The van der Waals surface area contributed by atoms with E-state index in [1.165, 1.54) is 0 Å². The van der Waals surface area contributed by atoms with Crippen LogP contribution in [0.15, 0.2) is 48.5 Å². The van der Waals surface area contributed by atoms with E-state index in [0.29, 0.717) is 25.8 Å². The molecule has 3 aromatic rings. The Morgan fingerprint density at radius 1 is 1.07 bits per heavy atom. The van der Waals surface area contributed by atoms with Gasteiger partial charge in [-0.15, -0.1) is 0 Å². The molecule has 0 bridgehead atoms. The number of aliphatic carboxylic acids is 1. The number of hydrogen-bond acceptors (Lipinski definition) is 3. The molecule has 2 aromatic carbocycles. The fourth-order valence-corrected chi connectivity index (χ4v) is 3.96. The molecule has 0 aliphatic heterocycles. The van der Waals surface area contributed by atoms with Gasteiger partial charge >= 0.3 is 5.97 Å². The van der Waals surface area contributed by atoms with E-state index in [-0.39, 0.29) is 12.3 Å². The van der Waals surface area contributed by atoms with Gasteiger partial charge in [-0.25, -0.2) is 4.98 Å². The Kier molecular flexibility index (Phi) is 4.39. The third-order valence-corrected chi connectivity index (χ3v) is 5.23. The summed E-state index contributed by atoms with van der Waals surface area (Å²) in [5.41, 5.74) is 3.07. The molecule has 0 radical (unpaired) electrons. The van der Waals surface area contributed by atoms with Gasteiger partial charge in [0.15, 0.2) is 0 Å². The minimum Gasteiger partial charge on any atom is -0.481 e. The van der Waals surface area contributed by atoms with Crippen molar-refractivity contribution in [2.45, 2.75) is 25.7 Å². The van der Waals surface area contributed by atoms with Crippen molar-refractivity contribution in [3.8, 4) is 0 Å². The number of carbonyl (C=O) groups is 2. The highest BCUT2D eigenvalue weighted by Crippen LogP contribution is 2.40. The van der Waals surface area contributed by atoms with Gasteiger partial charge in [-0.1, -0.05) is 36.4 Å². The predicted octanol–water partition coefficient (Wildman–Crippen LogP) is 2.48. The lowest BCUT2D eigenvalue weighted by Gasteiger charge is -2.26. The number of nitrogens with zero attached hydrogens (tertiary/aromatic N) is 1. The number of rotatable bonds is 6. The average molecular weight is 363 g/mol. The van der Waals surface area contributed by atoms with Gasteiger partial charge in [0.25, 0.3) is 0 Å². The summed E-state index contributed by atoms with van der Waals surface area (Å²) in [6, 6.07) is 15.6. The average Bonchev–Trinajstić information content (AvgIpc) is 3.21. The number of carboxylic acids is 1. The first-order chi connectivity index (χ1) is 13.1. The van der Waals surface area contributed by atoms with Crippen molar-refractivity contribution in [1.29, 1.82) is 0 Å². The lowest BCUT2D eigenvalue weighted by molar-refractivity contribution is -0.145. The first kappa shape index (κ1) is 17.3. The first-order valence-electron chi connectivity index (χ1n) is 9.06. The molecule has 1 aliphatic rings. The van der Waals surface area contributed by atoms with Crippen LogP contribution in [0.1, 0.15) is 23.4 Å². The molecule has 0 atom stereocenters. The Morgan fingerprint density at radius 2 is 1.74 bits per heavy atom. The second-order valence-corrected chi connectivity index (χ2v) is 7.18. The molecule has 1 aromatic heterocycles. The van der Waals surface area contributed by atoms with Crippen molar-refractivity contribution in [3.05, 3.63) is 65.5 Å². The van der Waals surface area contributed by atoms with Crippen molar-refractivity contribution >= 4 is 22.9 Å². The molecule has 0 fully saturated rings. The fraction of sp³-hybridized carbons (Fsp3) is 0.286. The van der Waals surface area contributed by atoms with E-state index in [2.05, 4.69) is 15.3 Å². The van der Waals surface area contributed by atoms with Crippen molar-refractivity contribution in [2.75, 3.05) is 6.54 Å². The fourth-order valence-electron chi connectivity index (χ4n) is 3.96. The van der Waals surface area contributed by atoms with Crippen molar-refractivity contribution in [3.63, 3.8) is 0 Å². The van der Waals surface area contributed by atoms with Crippen LogP contribution in [0.3, 0.4) is 0 Å². The summed E-state index contributed by atoms with van der Waals surface area (Å²) in [6.07, 6.45) is 1.33. The maximum atomic E-state index is 12.9. The summed E-state index contributed by atoms with van der Waals surface area (Å²) >= 11 is 0. The second kappa shape index (κ2) is 6.87. The maximum absolute atomic E-state index is 12.9. The Balaban J connectivity index is 1.44. The molecule has 3 N–H and O–H groups in total. The largest absolute Gasteiger partial charge is 0.481 e. The highest BCUT2D eigenvalue weighted by Gasteiger charge is 2.45.